The van der Waals surface area contributed by atoms with E-state index < -0.39 is 0 Å². The molecule has 0 radical (unpaired) electrons. The summed E-state index contributed by atoms with van der Waals surface area (Å²) in [6.45, 7) is 7.60. The van der Waals surface area contributed by atoms with Gasteiger partial charge < -0.3 is 29.6 Å². The summed E-state index contributed by atoms with van der Waals surface area (Å²) in [6, 6.07) is 0.620. The van der Waals surface area contributed by atoms with Crippen LogP contribution in [-0.2, 0) is 23.7 Å². The second kappa shape index (κ2) is 14.6. The van der Waals surface area contributed by atoms with Crippen LogP contribution >= 0.6 is 0 Å². The van der Waals surface area contributed by atoms with Crippen LogP contribution in [0.15, 0.2) is 0 Å². The molecule has 7 heteroatoms. The second-order valence-electron chi connectivity index (χ2n) is 5.95. The molecule has 1 atom stereocenters. The van der Waals surface area contributed by atoms with Crippen molar-refractivity contribution in [1.82, 2.24) is 10.6 Å². The van der Waals surface area contributed by atoms with Crippen molar-refractivity contribution < 1.29 is 23.7 Å². The predicted octanol–water partition coefficient (Wildman–Crippen LogP) is 0.577. The topological polar surface area (TPSA) is 78.1 Å². The standard InChI is InChI=1S/C17H34N2O5/c1-15(16-3-4-16)19-6-8-22-10-12-24-14-13-23-11-9-21-7-5-17(20)18-2/h15-16,19H,3-14H2,1-2H3,(H,18,20). The van der Waals surface area contributed by atoms with Crippen LogP contribution in [0.5, 0.6) is 0 Å². The van der Waals surface area contributed by atoms with Crippen molar-refractivity contribution in [1.29, 1.82) is 0 Å². The zero-order chi connectivity index (χ0) is 17.5. The summed E-state index contributed by atoms with van der Waals surface area (Å²) < 4.78 is 21.6. The quantitative estimate of drug-likeness (QED) is 0.375. The molecular weight excluding hydrogens is 312 g/mol. The van der Waals surface area contributed by atoms with Gasteiger partial charge in [0.15, 0.2) is 0 Å². The van der Waals surface area contributed by atoms with E-state index in [0.717, 1.165) is 19.1 Å². The first-order valence-electron chi connectivity index (χ1n) is 8.99. The Hall–Kier alpha value is -0.730. The highest BCUT2D eigenvalue weighted by molar-refractivity contribution is 5.75. The molecule has 24 heavy (non-hydrogen) atoms. The molecule has 0 saturated heterocycles. The van der Waals surface area contributed by atoms with Crippen molar-refractivity contribution in [2.45, 2.75) is 32.2 Å². The second-order valence-corrected chi connectivity index (χ2v) is 5.95. The number of carbonyl (C=O) groups is 1. The number of nitrogens with one attached hydrogen (secondary N) is 2. The smallest absolute Gasteiger partial charge is 0.222 e. The van der Waals surface area contributed by atoms with E-state index in [9.17, 15) is 4.79 Å². The number of hydrogen-bond acceptors (Lipinski definition) is 6. The summed E-state index contributed by atoms with van der Waals surface area (Å²) in [5.41, 5.74) is 0. The fraction of sp³-hybridized carbons (Fsp3) is 0.941. The molecule has 7 nitrogen and oxygen atoms in total. The molecule has 1 rings (SSSR count). The summed E-state index contributed by atoms with van der Waals surface area (Å²) in [6.07, 6.45) is 3.12. The number of rotatable bonds is 17. The third kappa shape index (κ3) is 12.7. The molecule has 0 aromatic heterocycles. The fourth-order valence-electron chi connectivity index (χ4n) is 2.17. The first-order chi connectivity index (χ1) is 11.7. The highest BCUT2D eigenvalue weighted by Gasteiger charge is 2.27. The molecule has 1 aliphatic carbocycles. The molecule has 1 unspecified atom stereocenters. The van der Waals surface area contributed by atoms with Gasteiger partial charge in [-0.2, -0.15) is 0 Å². The van der Waals surface area contributed by atoms with E-state index in [0.29, 0.717) is 58.7 Å². The van der Waals surface area contributed by atoms with Gasteiger partial charge in [-0.15, -0.1) is 0 Å². The highest BCUT2D eigenvalue weighted by Crippen LogP contribution is 2.32. The maximum absolute atomic E-state index is 10.9. The van der Waals surface area contributed by atoms with Crippen molar-refractivity contribution >= 4 is 5.91 Å². The molecule has 1 aliphatic rings. The Balaban J connectivity index is 1.66. The van der Waals surface area contributed by atoms with Gasteiger partial charge in [0.2, 0.25) is 5.91 Å². The molecule has 0 aromatic carbocycles. The van der Waals surface area contributed by atoms with Gasteiger partial charge in [0, 0.05) is 26.1 Å². The Morgan fingerprint density at radius 2 is 1.42 bits per heavy atom. The maximum Gasteiger partial charge on any atom is 0.222 e. The van der Waals surface area contributed by atoms with Gasteiger partial charge in [-0.1, -0.05) is 0 Å². The van der Waals surface area contributed by atoms with Gasteiger partial charge in [0.1, 0.15) is 0 Å². The Morgan fingerprint density at radius 1 is 0.917 bits per heavy atom. The molecule has 2 N–H and O–H groups in total. The van der Waals surface area contributed by atoms with Crippen molar-refractivity contribution in [3.05, 3.63) is 0 Å². The van der Waals surface area contributed by atoms with E-state index in [1.54, 1.807) is 7.05 Å². The van der Waals surface area contributed by atoms with Gasteiger partial charge in [-0.3, -0.25) is 4.79 Å². The molecule has 0 aliphatic heterocycles. The molecule has 142 valence electrons. The molecular formula is C17H34N2O5. The van der Waals surface area contributed by atoms with Crippen LogP contribution < -0.4 is 10.6 Å². The third-order valence-corrected chi connectivity index (χ3v) is 3.91. The van der Waals surface area contributed by atoms with Crippen molar-refractivity contribution in [2.75, 3.05) is 66.4 Å². The Kier molecular flexibility index (Phi) is 13.0. The van der Waals surface area contributed by atoms with E-state index >= 15 is 0 Å². The largest absolute Gasteiger partial charge is 0.379 e. The van der Waals surface area contributed by atoms with Gasteiger partial charge in [-0.25, -0.2) is 0 Å². The lowest BCUT2D eigenvalue weighted by atomic mass is 10.2. The molecule has 1 amide bonds. The van der Waals surface area contributed by atoms with Crippen LogP contribution in [0.25, 0.3) is 0 Å². The highest BCUT2D eigenvalue weighted by atomic mass is 16.6. The van der Waals surface area contributed by atoms with E-state index in [1.165, 1.54) is 12.8 Å². The van der Waals surface area contributed by atoms with Gasteiger partial charge in [-0.05, 0) is 25.7 Å². The van der Waals surface area contributed by atoms with Crippen LogP contribution in [0, 0.1) is 5.92 Å². The maximum atomic E-state index is 10.9. The lowest BCUT2D eigenvalue weighted by molar-refractivity contribution is -0.121. The van der Waals surface area contributed by atoms with Gasteiger partial charge in [0.25, 0.3) is 0 Å². The zero-order valence-corrected chi connectivity index (χ0v) is 15.2. The van der Waals surface area contributed by atoms with Crippen molar-refractivity contribution in [2.24, 2.45) is 5.92 Å². The molecule has 1 fully saturated rings. The normalized spacial score (nSPS) is 15.4. The average molecular weight is 346 g/mol. The van der Waals surface area contributed by atoms with Crippen molar-refractivity contribution in [3.8, 4) is 0 Å². The Labute approximate surface area is 145 Å². The van der Waals surface area contributed by atoms with Crippen LogP contribution in [-0.4, -0.2) is 78.4 Å². The SMILES string of the molecule is CNC(=O)CCOCCOCCOCCOCCNC(C)C1CC1. The number of hydrogen-bond donors (Lipinski definition) is 2. The third-order valence-electron chi connectivity index (χ3n) is 3.91. The van der Waals surface area contributed by atoms with E-state index in [2.05, 4.69) is 17.6 Å². The van der Waals surface area contributed by atoms with Gasteiger partial charge in [0.05, 0.1) is 52.9 Å². The van der Waals surface area contributed by atoms with E-state index in [4.69, 9.17) is 18.9 Å². The van der Waals surface area contributed by atoms with Crippen LogP contribution in [0.1, 0.15) is 26.2 Å². The number of ether oxygens (including phenoxy) is 4. The summed E-state index contributed by atoms with van der Waals surface area (Å²) in [5, 5.41) is 6.02. The monoisotopic (exact) mass is 346 g/mol. The van der Waals surface area contributed by atoms with Crippen molar-refractivity contribution in [3.63, 3.8) is 0 Å². The molecule has 0 heterocycles. The minimum Gasteiger partial charge on any atom is -0.379 e. The summed E-state index contributed by atoms with van der Waals surface area (Å²) in [5.74, 6) is 0.870. The lowest BCUT2D eigenvalue weighted by Gasteiger charge is -2.12. The first kappa shape index (κ1) is 21.3. The molecule has 0 aromatic rings. The van der Waals surface area contributed by atoms with Crippen LogP contribution in [0.3, 0.4) is 0 Å². The molecule has 0 bridgehead atoms. The Bertz CT molecular complexity index is 313. The molecule has 1 saturated carbocycles. The predicted molar refractivity (Wildman–Crippen MR) is 92.1 cm³/mol. The lowest BCUT2D eigenvalue weighted by Crippen LogP contribution is -2.31. The summed E-state index contributed by atoms with van der Waals surface area (Å²) in [4.78, 5) is 10.9. The summed E-state index contributed by atoms with van der Waals surface area (Å²) >= 11 is 0. The van der Waals surface area contributed by atoms with E-state index in [-0.39, 0.29) is 5.91 Å². The number of amides is 1. The van der Waals surface area contributed by atoms with Crippen LogP contribution in [0.4, 0.5) is 0 Å². The first-order valence-corrected chi connectivity index (χ1v) is 8.99. The average Bonchev–Trinajstić information content (AvgIpc) is 3.42. The van der Waals surface area contributed by atoms with E-state index in [1.807, 2.05) is 0 Å². The summed E-state index contributed by atoms with van der Waals surface area (Å²) in [7, 11) is 1.61. The van der Waals surface area contributed by atoms with Crippen LogP contribution in [0.2, 0.25) is 0 Å². The number of carbonyl (C=O) groups excluding carboxylic acids is 1. The Morgan fingerprint density at radius 3 is 1.92 bits per heavy atom. The minimum absolute atomic E-state index is 0.0141. The fourth-order valence-corrected chi connectivity index (χ4v) is 2.17. The van der Waals surface area contributed by atoms with Gasteiger partial charge >= 0.3 is 0 Å². The molecule has 0 spiro atoms. The minimum atomic E-state index is -0.0141. The zero-order valence-electron chi connectivity index (χ0n) is 15.2.